The minimum atomic E-state index is -0.862. The van der Waals surface area contributed by atoms with Gasteiger partial charge in [-0.3, -0.25) is 0 Å². The van der Waals surface area contributed by atoms with Crippen LogP contribution in [-0.2, 0) is 17.7 Å². The second-order valence-corrected chi connectivity index (χ2v) is 8.27. The smallest absolute Gasteiger partial charge is 0.407 e. The molecular weight excluding hydrogens is 422 g/mol. The molecule has 0 atom stereocenters. The predicted molar refractivity (Wildman–Crippen MR) is 125 cm³/mol. The van der Waals surface area contributed by atoms with Gasteiger partial charge in [0.2, 0.25) is 0 Å². The lowest BCUT2D eigenvalue weighted by Gasteiger charge is -2.37. The number of nitrogens with zero attached hydrogens (tertiary/aromatic N) is 5. The number of hydrogen-bond acceptors (Lipinski definition) is 7. The molecule has 2 aliphatic rings. The number of aromatic nitrogens is 2. The molecule has 33 heavy (non-hydrogen) atoms. The number of anilines is 2. The Labute approximate surface area is 192 Å². The van der Waals surface area contributed by atoms with E-state index in [2.05, 4.69) is 44.0 Å². The van der Waals surface area contributed by atoms with Crippen molar-refractivity contribution in [2.45, 2.75) is 13.0 Å². The molecule has 0 saturated carbocycles. The summed E-state index contributed by atoms with van der Waals surface area (Å²) in [7, 11) is 1.61. The Hall–Kier alpha value is -3.59. The van der Waals surface area contributed by atoms with E-state index in [1.165, 1.54) is 10.3 Å². The number of carboxylic acid groups (broad SMARTS) is 1. The maximum absolute atomic E-state index is 11.2. The molecule has 5 rings (SSSR count). The van der Waals surface area contributed by atoms with Crippen molar-refractivity contribution in [3.63, 3.8) is 0 Å². The van der Waals surface area contributed by atoms with Crippen LogP contribution in [-0.4, -0.2) is 72.7 Å². The second kappa shape index (κ2) is 9.11. The summed E-state index contributed by atoms with van der Waals surface area (Å²) in [6.45, 7) is 3.97. The van der Waals surface area contributed by atoms with E-state index in [-0.39, 0.29) is 6.79 Å². The van der Waals surface area contributed by atoms with Gasteiger partial charge in [0.25, 0.3) is 0 Å². The van der Waals surface area contributed by atoms with Crippen LogP contribution in [0.4, 0.5) is 16.3 Å². The molecule has 3 heterocycles. The van der Waals surface area contributed by atoms with Crippen LogP contribution < -0.4 is 14.5 Å². The zero-order valence-electron chi connectivity index (χ0n) is 18.6. The highest BCUT2D eigenvalue weighted by Gasteiger charge is 2.27. The fraction of sp³-hybridized carbons (Fsp3) is 0.375. The van der Waals surface area contributed by atoms with Gasteiger partial charge in [-0.25, -0.2) is 14.8 Å². The average molecular weight is 450 g/mol. The van der Waals surface area contributed by atoms with Gasteiger partial charge in [0.05, 0.1) is 12.2 Å². The number of rotatable bonds is 5. The number of piperazine rings is 1. The zero-order chi connectivity index (χ0) is 22.8. The highest BCUT2D eigenvalue weighted by Crippen LogP contribution is 2.36. The van der Waals surface area contributed by atoms with E-state index >= 15 is 0 Å². The molecule has 1 N–H and O–H groups in total. The SMILES string of the molecule is COCOc1cc(N2CCc3c(ncnc3N3CCN(C(=O)O)CC3)C2)c2ccccc2c1. The van der Waals surface area contributed by atoms with Crippen molar-refractivity contribution in [1.82, 2.24) is 14.9 Å². The standard InChI is InChI=1S/C24H27N5O4/c1-32-16-33-18-12-17-4-2-3-5-19(17)22(13-18)29-7-6-20-21(14-29)25-15-26-23(20)27-8-10-28(11-9-27)24(30)31/h2-5,12-13,15H,6-11,14,16H2,1H3,(H,30,31). The van der Waals surface area contributed by atoms with E-state index in [9.17, 15) is 9.90 Å². The number of methoxy groups -OCH3 is 1. The molecule has 0 unspecified atom stereocenters. The summed E-state index contributed by atoms with van der Waals surface area (Å²) >= 11 is 0. The molecule has 0 radical (unpaired) electrons. The lowest BCUT2D eigenvalue weighted by atomic mass is 10.0. The van der Waals surface area contributed by atoms with Crippen LogP contribution in [0, 0.1) is 0 Å². The zero-order valence-corrected chi connectivity index (χ0v) is 18.6. The Morgan fingerprint density at radius 3 is 2.67 bits per heavy atom. The average Bonchev–Trinajstić information content (AvgIpc) is 2.86. The number of amides is 1. The first-order chi connectivity index (χ1) is 16.1. The van der Waals surface area contributed by atoms with Crippen molar-refractivity contribution < 1.29 is 19.4 Å². The van der Waals surface area contributed by atoms with E-state index in [1.54, 1.807) is 13.4 Å². The first-order valence-corrected chi connectivity index (χ1v) is 11.1. The summed E-state index contributed by atoms with van der Waals surface area (Å²) in [5.41, 5.74) is 3.29. The third kappa shape index (κ3) is 4.23. The molecule has 2 aliphatic heterocycles. The highest BCUT2D eigenvalue weighted by atomic mass is 16.7. The molecule has 0 aliphatic carbocycles. The van der Waals surface area contributed by atoms with Gasteiger partial charge in [0.15, 0.2) is 6.79 Å². The van der Waals surface area contributed by atoms with Gasteiger partial charge >= 0.3 is 6.09 Å². The third-order valence-corrected chi connectivity index (χ3v) is 6.33. The van der Waals surface area contributed by atoms with E-state index in [1.807, 2.05) is 12.1 Å². The summed E-state index contributed by atoms with van der Waals surface area (Å²) in [5.74, 6) is 1.71. The second-order valence-electron chi connectivity index (χ2n) is 8.27. The van der Waals surface area contributed by atoms with Crippen molar-refractivity contribution in [3.05, 3.63) is 54.0 Å². The fourth-order valence-corrected chi connectivity index (χ4v) is 4.66. The number of hydrogen-bond donors (Lipinski definition) is 1. The largest absolute Gasteiger partial charge is 0.467 e. The summed E-state index contributed by atoms with van der Waals surface area (Å²) in [4.78, 5) is 26.4. The van der Waals surface area contributed by atoms with Crippen LogP contribution >= 0.6 is 0 Å². The van der Waals surface area contributed by atoms with Gasteiger partial charge in [-0.05, 0) is 17.9 Å². The van der Waals surface area contributed by atoms with Crippen LogP contribution in [0.15, 0.2) is 42.7 Å². The van der Waals surface area contributed by atoms with Gasteiger partial charge < -0.3 is 29.3 Å². The first kappa shape index (κ1) is 21.3. The molecule has 1 amide bonds. The Morgan fingerprint density at radius 2 is 1.88 bits per heavy atom. The third-order valence-electron chi connectivity index (χ3n) is 6.33. The molecule has 1 aromatic heterocycles. The molecular formula is C24H27N5O4. The lowest BCUT2D eigenvalue weighted by molar-refractivity contribution is 0.0512. The first-order valence-electron chi connectivity index (χ1n) is 11.1. The quantitative estimate of drug-likeness (QED) is 0.595. The van der Waals surface area contributed by atoms with Gasteiger partial charge in [0, 0.05) is 62.5 Å². The monoisotopic (exact) mass is 449 g/mol. The van der Waals surface area contributed by atoms with Crippen LogP contribution in [0.3, 0.4) is 0 Å². The fourth-order valence-electron chi connectivity index (χ4n) is 4.66. The molecule has 9 heteroatoms. The van der Waals surface area contributed by atoms with Crippen molar-refractivity contribution in [1.29, 1.82) is 0 Å². The number of benzene rings is 2. The minimum Gasteiger partial charge on any atom is -0.467 e. The Kier molecular flexibility index (Phi) is 5.87. The van der Waals surface area contributed by atoms with E-state index in [0.717, 1.165) is 46.9 Å². The molecule has 9 nitrogen and oxygen atoms in total. The van der Waals surface area contributed by atoms with Crippen LogP contribution in [0.2, 0.25) is 0 Å². The van der Waals surface area contributed by atoms with Gasteiger partial charge in [-0.1, -0.05) is 24.3 Å². The number of fused-ring (bicyclic) bond motifs is 2. The minimum absolute atomic E-state index is 0.201. The lowest BCUT2D eigenvalue weighted by Crippen LogP contribution is -2.49. The van der Waals surface area contributed by atoms with Gasteiger partial charge in [0.1, 0.15) is 17.9 Å². The van der Waals surface area contributed by atoms with E-state index < -0.39 is 6.09 Å². The molecule has 1 fully saturated rings. The van der Waals surface area contributed by atoms with Gasteiger partial charge in [-0.2, -0.15) is 0 Å². The maximum Gasteiger partial charge on any atom is 0.407 e. The van der Waals surface area contributed by atoms with Crippen molar-refractivity contribution in [3.8, 4) is 5.75 Å². The van der Waals surface area contributed by atoms with Gasteiger partial charge in [-0.15, -0.1) is 0 Å². The van der Waals surface area contributed by atoms with Crippen molar-refractivity contribution in [2.24, 2.45) is 0 Å². The van der Waals surface area contributed by atoms with Crippen LogP contribution in [0.25, 0.3) is 10.8 Å². The molecule has 1 saturated heterocycles. The van der Waals surface area contributed by atoms with Crippen molar-refractivity contribution >= 4 is 28.4 Å². The molecule has 0 spiro atoms. The Balaban J connectivity index is 1.42. The molecule has 3 aromatic rings. The highest BCUT2D eigenvalue weighted by molar-refractivity contribution is 5.95. The topological polar surface area (TPSA) is 91.3 Å². The molecule has 2 aromatic carbocycles. The summed E-state index contributed by atoms with van der Waals surface area (Å²) in [6.07, 6.45) is 1.58. The molecule has 172 valence electrons. The number of ether oxygens (including phenoxy) is 2. The van der Waals surface area contributed by atoms with E-state index in [4.69, 9.17) is 9.47 Å². The summed E-state index contributed by atoms with van der Waals surface area (Å²) in [6, 6.07) is 12.4. The molecule has 0 bridgehead atoms. The maximum atomic E-state index is 11.2. The predicted octanol–water partition coefficient (Wildman–Crippen LogP) is 2.98. The summed E-state index contributed by atoms with van der Waals surface area (Å²) < 4.78 is 10.8. The van der Waals surface area contributed by atoms with Crippen LogP contribution in [0.5, 0.6) is 5.75 Å². The van der Waals surface area contributed by atoms with E-state index in [0.29, 0.717) is 32.7 Å². The normalized spacial score (nSPS) is 16.1. The summed E-state index contributed by atoms with van der Waals surface area (Å²) in [5, 5.41) is 11.5. The van der Waals surface area contributed by atoms with Crippen LogP contribution in [0.1, 0.15) is 11.3 Å². The Morgan fingerprint density at radius 1 is 1.06 bits per heavy atom. The Bertz CT molecular complexity index is 1160. The van der Waals surface area contributed by atoms with Crippen molar-refractivity contribution in [2.75, 3.05) is 56.4 Å². The number of carbonyl (C=O) groups is 1.